The van der Waals surface area contributed by atoms with E-state index in [1.807, 2.05) is 0 Å². The lowest BCUT2D eigenvalue weighted by atomic mass is 10.3. The van der Waals surface area contributed by atoms with Gasteiger partial charge in [0.05, 0.1) is 0 Å². The van der Waals surface area contributed by atoms with Gasteiger partial charge in [-0.05, 0) is 12.1 Å². The normalized spacial score (nSPS) is 8.43. The minimum atomic E-state index is -0.833. The van der Waals surface area contributed by atoms with Crippen LogP contribution >= 0.6 is 0 Å². The van der Waals surface area contributed by atoms with Crippen LogP contribution in [0.15, 0.2) is 18.2 Å². The lowest BCUT2D eigenvalue weighted by Gasteiger charge is -1.98. The summed E-state index contributed by atoms with van der Waals surface area (Å²) in [7, 11) is 0. The Kier molecular flexibility index (Phi) is 4.87. The van der Waals surface area contributed by atoms with Gasteiger partial charge in [-0.1, -0.05) is 6.07 Å². The van der Waals surface area contributed by atoms with E-state index in [1.54, 1.807) is 0 Å². The predicted molar refractivity (Wildman–Crippen MR) is 44.4 cm³/mol. The molecule has 0 unspecified atom stereocenters. The number of hydrogen-bond donors (Lipinski definition) is 3. The van der Waals surface area contributed by atoms with Crippen LogP contribution in [0.3, 0.4) is 0 Å². The number of carboxylic acid groups (broad SMARTS) is 1. The van der Waals surface area contributed by atoms with E-state index in [0.717, 1.165) is 6.92 Å². The van der Waals surface area contributed by atoms with Crippen LogP contribution in [0.25, 0.3) is 0 Å². The molecule has 6 nitrogen and oxygen atoms in total. The molecule has 0 saturated heterocycles. The smallest absolute Gasteiger partial charge is 0.300 e. The van der Waals surface area contributed by atoms with E-state index in [0.29, 0.717) is 0 Å². The van der Waals surface area contributed by atoms with Crippen molar-refractivity contribution in [3.05, 3.63) is 18.2 Å². The van der Waals surface area contributed by atoms with E-state index in [9.17, 15) is 5.26 Å². The van der Waals surface area contributed by atoms with Gasteiger partial charge in [0.25, 0.3) is 11.7 Å². The van der Waals surface area contributed by atoms with Gasteiger partial charge in [0.1, 0.15) is 0 Å². The van der Waals surface area contributed by atoms with Gasteiger partial charge < -0.3 is 15.3 Å². The molecule has 6 heteroatoms. The summed E-state index contributed by atoms with van der Waals surface area (Å²) in [5, 5.41) is 34.8. The first kappa shape index (κ1) is 12.0. The topological polar surface area (TPSA) is 107 Å². The van der Waals surface area contributed by atoms with Crippen LogP contribution in [0.5, 0.6) is 17.2 Å². The Morgan fingerprint density at radius 2 is 1.64 bits per heavy atom. The van der Waals surface area contributed by atoms with E-state index < -0.39 is 11.7 Å². The Balaban J connectivity index is 0.000000364. The fraction of sp³-hybridized carbons (Fsp3) is 0.125. The van der Waals surface area contributed by atoms with Crippen LogP contribution in [-0.4, -0.2) is 21.3 Å². The van der Waals surface area contributed by atoms with Crippen molar-refractivity contribution >= 4 is 5.97 Å². The van der Waals surface area contributed by atoms with Crippen molar-refractivity contribution in [3.63, 3.8) is 0 Å². The van der Waals surface area contributed by atoms with Gasteiger partial charge in [-0.15, -0.1) is 0 Å². The third kappa shape index (κ3) is 4.17. The molecule has 1 aromatic rings. The second-order valence-electron chi connectivity index (χ2n) is 2.23. The first-order valence-corrected chi connectivity index (χ1v) is 3.49. The largest absolute Gasteiger partial charge is 0.504 e. The van der Waals surface area contributed by atoms with Crippen LogP contribution in [0.2, 0.25) is 0 Å². The molecule has 0 aliphatic heterocycles. The molecule has 1 rings (SSSR count). The Morgan fingerprint density at radius 3 is 1.86 bits per heavy atom. The maximum Gasteiger partial charge on any atom is 0.300 e. The number of hydrogen-bond acceptors (Lipinski definition) is 4. The molecule has 1 aromatic carbocycles. The number of para-hydroxylation sites is 1. The van der Waals surface area contributed by atoms with Gasteiger partial charge in [0.2, 0.25) is 0 Å². The molecule has 0 fully saturated rings. The monoisotopic (exact) mass is 201 g/mol. The fourth-order valence-electron chi connectivity index (χ4n) is 0.598. The predicted octanol–water partition coefficient (Wildman–Crippen LogP) is 0.913. The third-order valence-electron chi connectivity index (χ3n) is 1.06. The summed E-state index contributed by atoms with van der Waals surface area (Å²) in [6.45, 7) is 1.08. The number of phenols is 2. The second-order valence-corrected chi connectivity index (χ2v) is 2.23. The number of rotatable bonds is 1. The number of carboxylic acids is 1. The fourth-order valence-corrected chi connectivity index (χ4v) is 0.598. The minimum Gasteiger partial charge on any atom is -0.504 e. The number of aromatic hydroxyl groups is 2. The number of aliphatic carboxylic acids is 1. The summed E-state index contributed by atoms with van der Waals surface area (Å²) >= 11 is 0. The molecule has 77 valence electrons. The van der Waals surface area contributed by atoms with E-state index in [-0.39, 0.29) is 11.5 Å². The first-order chi connectivity index (χ1) is 6.49. The van der Waals surface area contributed by atoms with Crippen LogP contribution in [0.4, 0.5) is 0 Å². The van der Waals surface area contributed by atoms with Gasteiger partial charge in [-0.25, -0.2) is 0 Å². The van der Waals surface area contributed by atoms with Crippen molar-refractivity contribution in [1.82, 2.24) is 0 Å². The van der Waals surface area contributed by atoms with Gasteiger partial charge in [0, 0.05) is 12.2 Å². The average Bonchev–Trinajstić information content (AvgIpc) is 2.03. The quantitative estimate of drug-likeness (QED) is 0.462. The highest BCUT2D eigenvalue weighted by atomic mass is 17.1. The van der Waals surface area contributed by atoms with Crippen molar-refractivity contribution in [3.8, 4) is 17.2 Å². The SMILES string of the molecule is CC(=O)O.[O]Oc1c(O)cccc1O. The van der Waals surface area contributed by atoms with Gasteiger partial charge in [0.15, 0.2) is 11.5 Å². The molecule has 0 heterocycles. The van der Waals surface area contributed by atoms with Crippen LogP contribution in [-0.2, 0) is 10.1 Å². The zero-order valence-electron chi connectivity index (χ0n) is 7.30. The van der Waals surface area contributed by atoms with Gasteiger partial charge >= 0.3 is 0 Å². The lowest BCUT2D eigenvalue weighted by Crippen LogP contribution is -1.81. The van der Waals surface area contributed by atoms with E-state index >= 15 is 0 Å². The Labute approximate surface area is 79.5 Å². The highest BCUT2D eigenvalue weighted by Crippen LogP contribution is 2.34. The van der Waals surface area contributed by atoms with Crippen LogP contribution < -0.4 is 4.89 Å². The molecular formula is C8H9O6. The molecule has 0 amide bonds. The summed E-state index contributed by atoms with van der Waals surface area (Å²) < 4.78 is 0. The zero-order chi connectivity index (χ0) is 11.1. The summed E-state index contributed by atoms with van der Waals surface area (Å²) in [5.74, 6) is -2.01. The van der Waals surface area contributed by atoms with Crippen LogP contribution in [0, 0.1) is 0 Å². The molecular weight excluding hydrogens is 192 g/mol. The van der Waals surface area contributed by atoms with E-state index in [1.165, 1.54) is 18.2 Å². The standard InChI is InChI=1S/C6H5O4.C2H4O2/c7-4-2-1-3-5(8)6(4)10-9;1-2(3)4/h1-3,7-8H;1H3,(H,3,4). The molecule has 0 saturated carbocycles. The van der Waals surface area contributed by atoms with Crippen molar-refractivity contribution in [2.45, 2.75) is 6.92 Å². The summed E-state index contributed by atoms with van der Waals surface area (Å²) in [4.78, 5) is 12.4. The molecule has 14 heavy (non-hydrogen) atoms. The third-order valence-corrected chi connectivity index (χ3v) is 1.06. The summed E-state index contributed by atoms with van der Waals surface area (Å²) in [5.41, 5.74) is 0. The van der Waals surface area contributed by atoms with Crippen molar-refractivity contribution in [2.75, 3.05) is 0 Å². The lowest BCUT2D eigenvalue weighted by molar-refractivity contribution is -0.210. The molecule has 3 N–H and O–H groups in total. The first-order valence-electron chi connectivity index (χ1n) is 3.49. The van der Waals surface area contributed by atoms with Gasteiger partial charge in [-0.3, -0.25) is 9.68 Å². The minimum absolute atomic E-state index is 0.366. The number of carbonyl (C=O) groups is 1. The molecule has 0 spiro atoms. The summed E-state index contributed by atoms with van der Waals surface area (Å²) in [6, 6.07) is 3.88. The number of benzene rings is 1. The summed E-state index contributed by atoms with van der Waals surface area (Å²) in [6.07, 6.45) is 0. The highest BCUT2D eigenvalue weighted by molar-refractivity contribution is 5.62. The Hall–Kier alpha value is -1.95. The highest BCUT2D eigenvalue weighted by Gasteiger charge is 2.07. The van der Waals surface area contributed by atoms with Crippen molar-refractivity contribution in [2.24, 2.45) is 0 Å². The van der Waals surface area contributed by atoms with Crippen molar-refractivity contribution < 1.29 is 30.3 Å². The van der Waals surface area contributed by atoms with Gasteiger partial charge in [-0.2, -0.15) is 0 Å². The van der Waals surface area contributed by atoms with Crippen LogP contribution in [0.1, 0.15) is 6.92 Å². The number of phenolic OH excluding ortho intramolecular Hbond substituents is 2. The molecule has 1 radical (unpaired) electrons. The second kappa shape index (κ2) is 5.65. The van der Waals surface area contributed by atoms with E-state index in [4.69, 9.17) is 20.1 Å². The molecule has 0 aliphatic carbocycles. The molecule has 0 atom stereocenters. The van der Waals surface area contributed by atoms with E-state index in [2.05, 4.69) is 4.89 Å². The molecule has 0 bridgehead atoms. The Bertz CT molecular complexity index is 284. The zero-order valence-corrected chi connectivity index (χ0v) is 7.30. The average molecular weight is 201 g/mol. The maximum absolute atomic E-state index is 9.75. The molecule has 0 aromatic heterocycles. The Morgan fingerprint density at radius 1 is 1.29 bits per heavy atom. The van der Waals surface area contributed by atoms with Crippen molar-refractivity contribution in [1.29, 1.82) is 0 Å². The maximum atomic E-state index is 9.75. The molecule has 0 aliphatic rings.